The molecule has 1 fully saturated rings. The van der Waals surface area contributed by atoms with Gasteiger partial charge in [-0.05, 0) is 17.7 Å². The van der Waals surface area contributed by atoms with Crippen molar-refractivity contribution in [3.63, 3.8) is 0 Å². The van der Waals surface area contributed by atoms with Crippen molar-refractivity contribution in [1.82, 2.24) is 5.32 Å². The van der Waals surface area contributed by atoms with E-state index in [4.69, 9.17) is 4.74 Å². The van der Waals surface area contributed by atoms with Gasteiger partial charge in [0.2, 0.25) is 0 Å². The molecular formula is C15H13N3O5. The molecule has 8 nitrogen and oxygen atoms in total. The number of non-ortho nitro benzene ring substituents is 2. The van der Waals surface area contributed by atoms with Crippen LogP contribution in [0.4, 0.5) is 11.4 Å². The fraction of sp³-hybridized carbons (Fsp3) is 0.200. The van der Waals surface area contributed by atoms with E-state index < -0.39 is 16.1 Å². The molecule has 1 aliphatic rings. The van der Waals surface area contributed by atoms with E-state index in [1.165, 1.54) is 24.3 Å². The van der Waals surface area contributed by atoms with Crippen LogP contribution in [-0.2, 0) is 4.74 Å². The fourth-order valence-corrected chi connectivity index (χ4v) is 2.48. The number of hydrogen-bond acceptors (Lipinski definition) is 6. The summed E-state index contributed by atoms with van der Waals surface area (Å²) in [5, 5.41) is 24.6. The van der Waals surface area contributed by atoms with Crippen molar-refractivity contribution < 1.29 is 14.6 Å². The summed E-state index contributed by atoms with van der Waals surface area (Å²) in [4.78, 5) is 20.6. The minimum absolute atomic E-state index is 0.00619. The van der Waals surface area contributed by atoms with Gasteiger partial charge in [0, 0.05) is 36.4 Å². The van der Waals surface area contributed by atoms with Crippen LogP contribution in [0.15, 0.2) is 48.5 Å². The maximum Gasteiger partial charge on any atom is 0.269 e. The molecule has 3 rings (SSSR count). The summed E-state index contributed by atoms with van der Waals surface area (Å²) in [6, 6.07) is 12.4. The lowest BCUT2D eigenvalue weighted by atomic mass is 10.1. The number of nitro groups is 2. The van der Waals surface area contributed by atoms with Gasteiger partial charge in [-0.1, -0.05) is 12.1 Å². The van der Waals surface area contributed by atoms with Crippen molar-refractivity contribution in [1.29, 1.82) is 0 Å². The van der Waals surface area contributed by atoms with E-state index in [2.05, 4.69) is 5.32 Å². The molecule has 0 unspecified atom stereocenters. The van der Waals surface area contributed by atoms with Crippen LogP contribution in [0, 0.1) is 20.2 Å². The quantitative estimate of drug-likeness (QED) is 0.686. The van der Waals surface area contributed by atoms with Crippen molar-refractivity contribution in [3.05, 3.63) is 79.9 Å². The number of benzene rings is 2. The minimum Gasteiger partial charge on any atom is -0.350 e. The first-order valence-electron chi connectivity index (χ1n) is 6.92. The second kappa shape index (κ2) is 6.11. The van der Waals surface area contributed by atoms with E-state index in [1.54, 1.807) is 24.3 Å². The molecule has 8 heteroatoms. The SMILES string of the molecule is O=[N+]([O-])c1ccc([C@@H]2CN[C@H](c3cccc([N+](=O)[O-])c3)O2)cc1. The zero-order valence-corrected chi connectivity index (χ0v) is 11.9. The predicted octanol–water partition coefficient (Wildman–Crippen LogP) is 2.86. The highest BCUT2D eigenvalue weighted by Gasteiger charge is 2.28. The molecule has 0 bridgehead atoms. The van der Waals surface area contributed by atoms with Gasteiger partial charge < -0.3 is 4.74 Å². The van der Waals surface area contributed by atoms with Crippen molar-refractivity contribution in [3.8, 4) is 0 Å². The van der Waals surface area contributed by atoms with Crippen LogP contribution < -0.4 is 5.32 Å². The van der Waals surface area contributed by atoms with E-state index in [0.717, 1.165) is 5.56 Å². The fourth-order valence-electron chi connectivity index (χ4n) is 2.48. The van der Waals surface area contributed by atoms with Gasteiger partial charge in [0.05, 0.1) is 16.0 Å². The Labute approximate surface area is 131 Å². The molecule has 23 heavy (non-hydrogen) atoms. The average Bonchev–Trinajstić information content (AvgIpc) is 3.05. The molecule has 1 N–H and O–H groups in total. The Morgan fingerprint density at radius 3 is 2.30 bits per heavy atom. The van der Waals surface area contributed by atoms with Gasteiger partial charge in [-0.25, -0.2) is 0 Å². The third-order valence-corrected chi connectivity index (χ3v) is 3.65. The molecular weight excluding hydrogens is 302 g/mol. The highest BCUT2D eigenvalue weighted by Crippen LogP contribution is 2.32. The standard InChI is InChI=1S/C15H13N3O5/c19-17(20)12-6-4-10(5-7-12)14-9-16-15(23-14)11-2-1-3-13(8-11)18(21)22/h1-8,14-16H,9H2/t14-,15-/m0/s1. The van der Waals surface area contributed by atoms with Crippen LogP contribution >= 0.6 is 0 Å². The third-order valence-electron chi connectivity index (χ3n) is 3.65. The molecule has 1 heterocycles. The molecule has 0 saturated carbocycles. The number of ether oxygens (including phenoxy) is 1. The number of nitro benzene ring substituents is 2. The van der Waals surface area contributed by atoms with E-state index in [9.17, 15) is 20.2 Å². The topological polar surface area (TPSA) is 108 Å². The number of nitrogens with one attached hydrogen (secondary N) is 1. The number of nitrogens with zero attached hydrogens (tertiary/aromatic N) is 2. The Hall–Kier alpha value is -2.84. The van der Waals surface area contributed by atoms with Crippen LogP contribution in [0.3, 0.4) is 0 Å². The van der Waals surface area contributed by atoms with Gasteiger partial charge >= 0.3 is 0 Å². The first-order chi connectivity index (χ1) is 11.0. The number of rotatable bonds is 4. The summed E-state index contributed by atoms with van der Waals surface area (Å²) in [7, 11) is 0. The van der Waals surface area contributed by atoms with Crippen molar-refractivity contribution >= 4 is 11.4 Å². The van der Waals surface area contributed by atoms with E-state index in [-0.39, 0.29) is 17.5 Å². The molecule has 2 aromatic carbocycles. The maximum absolute atomic E-state index is 10.8. The van der Waals surface area contributed by atoms with Crippen molar-refractivity contribution in [2.45, 2.75) is 12.3 Å². The molecule has 0 aliphatic carbocycles. The lowest BCUT2D eigenvalue weighted by molar-refractivity contribution is -0.385. The first kappa shape index (κ1) is 15.1. The second-order valence-electron chi connectivity index (χ2n) is 5.11. The summed E-state index contributed by atoms with van der Waals surface area (Å²) in [6.45, 7) is 0.519. The van der Waals surface area contributed by atoms with Crippen LogP contribution in [0.2, 0.25) is 0 Å². The Bertz CT molecular complexity index is 747. The van der Waals surface area contributed by atoms with E-state index in [1.807, 2.05) is 0 Å². The molecule has 1 aliphatic heterocycles. The zero-order valence-electron chi connectivity index (χ0n) is 11.9. The van der Waals surface area contributed by atoms with E-state index in [0.29, 0.717) is 12.1 Å². The molecule has 0 aromatic heterocycles. The summed E-state index contributed by atoms with van der Waals surface area (Å²) in [5.41, 5.74) is 1.52. The maximum atomic E-state index is 10.8. The molecule has 0 radical (unpaired) electrons. The summed E-state index contributed by atoms with van der Waals surface area (Å²) in [5.74, 6) is 0. The van der Waals surface area contributed by atoms with Gasteiger partial charge in [0.1, 0.15) is 6.23 Å². The molecule has 2 aromatic rings. The van der Waals surface area contributed by atoms with Crippen LogP contribution in [0.5, 0.6) is 0 Å². The van der Waals surface area contributed by atoms with Gasteiger partial charge in [-0.2, -0.15) is 0 Å². The van der Waals surface area contributed by atoms with Crippen LogP contribution in [0.25, 0.3) is 0 Å². The minimum atomic E-state index is -0.455. The highest BCUT2D eigenvalue weighted by atomic mass is 16.6. The van der Waals surface area contributed by atoms with Gasteiger partial charge in [0.15, 0.2) is 0 Å². The van der Waals surface area contributed by atoms with E-state index >= 15 is 0 Å². The molecule has 1 saturated heterocycles. The summed E-state index contributed by atoms with van der Waals surface area (Å²) < 4.78 is 5.87. The van der Waals surface area contributed by atoms with Crippen molar-refractivity contribution in [2.75, 3.05) is 6.54 Å². The lowest BCUT2D eigenvalue weighted by Gasteiger charge is -2.13. The Kier molecular flexibility index (Phi) is 4.00. The van der Waals surface area contributed by atoms with Gasteiger partial charge in [0.25, 0.3) is 11.4 Å². The number of hydrogen-bond donors (Lipinski definition) is 1. The molecule has 0 spiro atoms. The Balaban J connectivity index is 1.74. The second-order valence-corrected chi connectivity index (χ2v) is 5.11. The Morgan fingerprint density at radius 1 is 0.957 bits per heavy atom. The van der Waals surface area contributed by atoms with Gasteiger partial charge in [-0.15, -0.1) is 0 Å². The largest absolute Gasteiger partial charge is 0.350 e. The predicted molar refractivity (Wildman–Crippen MR) is 80.8 cm³/mol. The van der Waals surface area contributed by atoms with Crippen LogP contribution in [-0.4, -0.2) is 16.4 Å². The lowest BCUT2D eigenvalue weighted by Crippen LogP contribution is -2.14. The zero-order chi connectivity index (χ0) is 16.4. The van der Waals surface area contributed by atoms with Crippen LogP contribution in [0.1, 0.15) is 23.5 Å². The highest BCUT2D eigenvalue weighted by molar-refractivity contribution is 5.36. The molecule has 0 amide bonds. The van der Waals surface area contributed by atoms with Gasteiger partial charge in [-0.3, -0.25) is 25.5 Å². The summed E-state index contributed by atoms with van der Waals surface area (Å²) >= 11 is 0. The smallest absolute Gasteiger partial charge is 0.269 e. The molecule has 2 atom stereocenters. The third kappa shape index (κ3) is 3.17. The average molecular weight is 315 g/mol. The molecule has 118 valence electrons. The summed E-state index contributed by atoms with van der Waals surface area (Å²) in [6.07, 6.45) is -0.713. The first-order valence-corrected chi connectivity index (χ1v) is 6.92. The Morgan fingerprint density at radius 2 is 1.65 bits per heavy atom. The van der Waals surface area contributed by atoms with Crippen molar-refractivity contribution in [2.24, 2.45) is 0 Å². The normalized spacial score (nSPS) is 20.3. The monoisotopic (exact) mass is 315 g/mol.